The third kappa shape index (κ3) is 4.65. The molecule has 0 saturated heterocycles. The molecule has 0 heterocycles. The van der Waals surface area contributed by atoms with Crippen molar-refractivity contribution in [3.05, 3.63) is 0 Å². The second-order valence-corrected chi connectivity index (χ2v) is 3.00. The minimum atomic E-state index is -0.355. The maximum Gasteiger partial charge on any atom is 0.330 e. The van der Waals surface area contributed by atoms with Crippen molar-refractivity contribution < 1.29 is 9.53 Å². The largest absolute Gasteiger partial charge is 0.467 e. The molecule has 0 aliphatic carbocycles. The molecule has 0 saturated carbocycles. The Labute approximate surface area is 80.2 Å². The van der Waals surface area contributed by atoms with Crippen molar-refractivity contribution in [2.75, 3.05) is 7.11 Å². The van der Waals surface area contributed by atoms with Gasteiger partial charge in [0.15, 0.2) is 0 Å². The molecule has 0 fully saturated rings. The van der Waals surface area contributed by atoms with Crippen molar-refractivity contribution >= 4 is 11.7 Å². The SMILES string of the molecule is CCCC(CC)=NC(C)C(=O)OC. The van der Waals surface area contributed by atoms with Crippen molar-refractivity contribution in [2.45, 2.75) is 46.1 Å². The van der Waals surface area contributed by atoms with E-state index >= 15 is 0 Å². The van der Waals surface area contributed by atoms with Gasteiger partial charge >= 0.3 is 5.97 Å². The summed E-state index contributed by atoms with van der Waals surface area (Å²) < 4.78 is 4.59. The minimum absolute atomic E-state index is 0.262. The summed E-state index contributed by atoms with van der Waals surface area (Å²) >= 11 is 0. The highest BCUT2D eigenvalue weighted by Crippen LogP contribution is 2.01. The highest BCUT2D eigenvalue weighted by atomic mass is 16.5. The maximum absolute atomic E-state index is 11.0. The van der Waals surface area contributed by atoms with Crippen molar-refractivity contribution in [3.8, 4) is 0 Å². The Bertz CT molecular complexity index is 187. The zero-order chi connectivity index (χ0) is 10.3. The number of hydrogen-bond acceptors (Lipinski definition) is 3. The lowest BCUT2D eigenvalue weighted by molar-refractivity contribution is -0.141. The Morgan fingerprint density at radius 2 is 2.08 bits per heavy atom. The van der Waals surface area contributed by atoms with Crippen LogP contribution in [0.4, 0.5) is 0 Å². The van der Waals surface area contributed by atoms with E-state index in [0.29, 0.717) is 0 Å². The van der Waals surface area contributed by atoms with Gasteiger partial charge in [-0.05, 0) is 19.8 Å². The summed E-state index contributed by atoms with van der Waals surface area (Å²) in [6, 6.07) is -0.355. The quantitative estimate of drug-likeness (QED) is 0.486. The summed E-state index contributed by atoms with van der Waals surface area (Å²) in [6.07, 6.45) is 2.95. The summed E-state index contributed by atoms with van der Waals surface area (Å²) in [5.74, 6) is -0.262. The van der Waals surface area contributed by atoms with Gasteiger partial charge in [-0.3, -0.25) is 4.99 Å². The predicted molar refractivity (Wildman–Crippen MR) is 54.1 cm³/mol. The third-order valence-electron chi connectivity index (χ3n) is 1.87. The molecule has 0 N–H and O–H groups in total. The number of aliphatic imine (C=N–C) groups is 1. The van der Waals surface area contributed by atoms with Crippen LogP contribution in [0, 0.1) is 0 Å². The van der Waals surface area contributed by atoms with Gasteiger partial charge in [0.2, 0.25) is 0 Å². The predicted octanol–water partition coefficient (Wildman–Crippen LogP) is 2.20. The van der Waals surface area contributed by atoms with Gasteiger partial charge in [0, 0.05) is 5.71 Å². The molecule has 1 atom stereocenters. The van der Waals surface area contributed by atoms with Crippen LogP contribution in [0.5, 0.6) is 0 Å². The van der Waals surface area contributed by atoms with Crippen molar-refractivity contribution in [1.82, 2.24) is 0 Å². The van der Waals surface area contributed by atoms with Crippen LogP contribution in [0.15, 0.2) is 4.99 Å². The van der Waals surface area contributed by atoms with Crippen LogP contribution >= 0.6 is 0 Å². The molecule has 0 spiro atoms. The van der Waals surface area contributed by atoms with Gasteiger partial charge in [-0.2, -0.15) is 0 Å². The van der Waals surface area contributed by atoms with E-state index in [-0.39, 0.29) is 12.0 Å². The second-order valence-electron chi connectivity index (χ2n) is 3.00. The second kappa shape index (κ2) is 6.63. The zero-order valence-corrected chi connectivity index (χ0v) is 8.96. The van der Waals surface area contributed by atoms with Gasteiger partial charge in [0.1, 0.15) is 6.04 Å². The average Bonchev–Trinajstić information content (AvgIpc) is 2.15. The Morgan fingerprint density at radius 1 is 1.46 bits per heavy atom. The van der Waals surface area contributed by atoms with Gasteiger partial charge in [0.25, 0.3) is 0 Å². The van der Waals surface area contributed by atoms with Gasteiger partial charge in [0.05, 0.1) is 7.11 Å². The van der Waals surface area contributed by atoms with E-state index in [0.717, 1.165) is 25.0 Å². The van der Waals surface area contributed by atoms with Crippen LogP contribution in [0.1, 0.15) is 40.0 Å². The van der Waals surface area contributed by atoms with E-state index in [1.54, 1.807) is 6.92 Å². The topological polar surface area (TPSA) is 38.7 Å². The third-order valence-corrected chi connectivity index (χ3v) is 1.87. The molecule has 13 heavy (non-hydrogen) atoms. The zero-order valence-electron chi connectivity index (χ0n) is 8.96. The number of esters is 1. The monoisotopic (exact) mass is 185 g/mol. The molecular weight excluding hydrogens is 166 g/mol. The van der Waals surface area contributed by atoms with Crippen LogP contribution in [-0.2, 0) is 9.53 Å². The smallest absolute Gasteiger partial charge is 0.330 e. The first kappa shape index (κ1) is 12.1. The number of carbonyl (C=O) groups excluding carboxylic acids is 1. The first-order valence-corrected chi connectivity index (χ1v) is 4.79. The van der Waals surface area contributed by atoms with E-state index in [1.165, 1.54) is 7.11 Å². The summed E-state index contributed by atoms with van der Waals surface area (Å²) in [5.41, 5.74) is 1.10. The van der Waals surface area contributed by atoms with Crippen molar-refractivity contribution in [1.29, 1.82) is 0 Å². The molecule has 0 radical (unpaired) electrons. The average molecular weight is 185 g/mol. The number of rotatable bonds is 5. The van der Waals surface area contributed by atoms with Crippen LogP contribution < -0.4 is 0 Å². The van der Waals surface area contributed by atoms with E-state index in [2.05, 4.69) is 23.6 Å². The lowest BCUT2D eigenvalue weighted by Gasteiger charge is -2.07. The number of hydrogen-bond donors (Lipinski definition) is 0. The van der Waals surface area contributed by atoms with Gasteiger partial charge in [-0.25, -0.2) is 4.79 Å². The van der Waals surface area contributed by atoms with Crippen molar-refractivity contribution in [2.24, 2.45) is 4.99 Å². The lowest BCUT2D eigenvalue weighted by Crippen LogP contribution is -2.18. The number of methoxy groups -OCH3 is 1. The Morgan fingerprint density at radius 3 is 2.46 bits per heavy atom. The molecule has 0 rings (SSSR count). The fourth-order valence-corrected chi connectivity index (χ4v) is 1.12. The summed E-state index contributed by atoms with van der Waals surface area (Å²) in [7, 11) is 1.39. The van der Waals surface area contributed by atoms with E-state index < -0.39 is 0 Å². The van der Waals surface area contributed by atoms with Gasteiger partial charge in [-0.1, -0.05) is 20.3 Å². The molecule has 0 aromatic rings. The highest BCUT2D eigenvalue weighted by molar-refractivity contribution is 5.87. The standard InChI is InChI=1S/C10H19NO2/c1-5-7-9(6-2)11-8(3)10(12)13-4/h8H,5-7H2,1-4H3. The molecule has 0 bridgehead atoms. The molecule has 0 aliphatic rings. The van der Waals surface area contributed by atoms with Crippen LogP contribution in [0.3, 0.4) is 0 Å². The fourth-order valence-electron chi connectivity index (χ4n) is 1.12. The molecule has 76 valence electrons. The van der Waals surface area contributed by atoms with E-state index in [4.69, 9.17) is 0 Å². The van der Waals surface area contributed by atoms with Crippen molar-refractivity contribution in [3.63, 3.8) is 0 Å². The first-order chi connectivity index (χ1) is 6.15. The first-order valence-electron chi connectivity index (χ1n) is 4.79. The van der Waals surface area contributed by atoms with E-state index in [1.807, 2.05) is 0 Å². The number of ether oxygens (including phenoxy) is 1. The Hall–Kier alpha value is -0.860. The lowest BCUT2D eigenvalue weighted by atomic mass is 10.1. The number of carbonyl (C=O) groups is 1. The molecular formula is C10H19NO2. The summed E-state index contributed by atoms with van der Waals surface area (Å²) in [6.45, 7) is 5.92. The molecule has 1 unspecified atom stereocenters. The number of nitrogens with zero attached hydrogens (tertiary/aromatic N) is 1. The Balaban J connectivity index is 4.22. The summed E-state index contributed by atoms with van der Waals surface area (Å²) in [5, 5.41) is 0. The maximum atomic E-state index is 11.0. The molecule has 0 amide bonds. The van der Waals surface area contributed by atoms with Crippen LogP contribution in [0.25, 0.3) is 0 Å². The van der Waals surface area contributed by atoms with Crippen LogP contribution in [-0.4, -0.2) is 24.8 Å². The normalized spacial score (nSPS) is 14.0. The minimum Gasteiger partial charge on any atom is -0.467 e. The van der Waals surface area contributed by atoms with Gasteiger partial charge in [-0.15, -0.1) is 0 Å². The molecule has 3 heteroatoms. The summed E-state index contributed by atoms with van der Waals surface area (Å²) in [4.78, 5) is 15.3. The van der Waals surface area contributed by atoms with E-state index in [9.17, 15) is 4.79 Å². The highest BCUT2D eigenvalue weighted by Gasteiger charge is 2.11. The Kier molecular flexibility index (Phi) is 6.20. The molecule has 0 aromatic carbocycles. The van der Waals surface area contributed by atoms with Crippen LogP contribution in [0.2, 0.25) is 0 Å². The fraction of sp³-hybridized carbons (Fsp3) is 0.800. The molecule has 3 nitrogen and oxygen atoms in total. The van der Waals surface area contributed by atoms with Gasteiger partial charge < -0.3 is 4.74 Å². The molecule has 0 aliphatic heterocycles. The molecule has 0 aromatic heterocycles.